The normalized spacial score (nSPS) is 15.2. The molecule has 1 N–H and O–H groups in total. The van der Waals surface area contributed by atoms with Crippen LogP contribution in [0.1, 0.15) is 34.3 Å². The van der Waals surface area contributed by atoms with Crippen molar-refractivity contribution in [2.45, 2.75) is 25.2 Å². The van der Waals surface area contributed by atoms with Crippen LogP contribution in [-0.2, 0) is 5.41 Å². The third-order valence-corrected chi connectivity index (χ3v) is 4.42. The molecule has 0 radical (unpaired) electrons. The van der Waals surface area contributed by atoms with E-state index in [1.807, 2.05) is 43.3 Å². The first-order chi connectivity index (χ1) is 10.6. The van der Waals surface area contributed by atoms with Gasteiger partial charge in [-0.1, -0.05) is 29.8 Å². The molecule has 1 aliphatic carbocycles. The van der Waals surface area contributed by atoms with Crippen LogP contribution in [0.15, 0.2) is 48.5 Å². The molecular weight excluding hydrogens is 274 g/mol. The van der Waals surface area contributed by atoms with Gasteiger partial charge in [0, 0.05) is 17.5 Å². The summed E-state index contributed by atoms with van der Waals surface area (Å²) in [7, 11) is 1.67. The summed E-state index contributed by atoms with van der Waals surface area (Å²) >= 11 is 0. The summed E-state index contributed by atoms with van der Waals surface area (Å²) < 4.78 is 5.20. The number of nitrogens with one attached hydrogen (secondary N) is 1. The number of hydrogen-bond donors (Lipinski definition) is 1. The summed E-state index contributed by atoms with van der Waals surface area (Å²) in [5.41, 5.74) is 3.21. The molecule has 0 spiro atoms. The first kappa shape index (κ1) is 14.6. The minimum atomic E-state index is 0.00323. The standard InChI is InChI=1S/C19H21NO2/c1-14-4-3-5-15(12-14)18(21)20-13-19(10-11-19)16-6-8-17(22-2)9-7-16/h3-9,12H,10-11,13H2,1-2H3,(H,20,21). The molecule has 3 heteroatoms. The number of methoxy groups -OCH3 is 1. The van der Waals surface area contributed by atoms with Gasteiger partial charge in [0.1, 0.15) is 5.75 Å². The topological polar surface area (TPSA) is 38.3 Å². The predicted octanol–water partition coefficient (Wildman–Crippen LogP) is 3.47. The van der Waals surface area contributed by atoms with Gasteiger partial charge >= 0.3 is 0 Å². The first-order valence-corrected chi connectivity index (χ1v) is 7.62. The van der Waals surface area contributed by atoms with Crippen LogP contribution in [0.5, 0.6) is 5.75 Å². The van der Waals surface area contributed by atoms with Crippen molar-refractivity contribution < 1.29 is 9.53 Å². The molecule has 3 nitrogen and oxygen atoms in total. The fourth-order valence-corrected chi connectivity index (χ4v) is 2.80. The Morgan fingerprint density at radius 1 is 1.18 bits per heavy atom. The van der Waals surface area contributed by atoms with Crippen molar-refractivity contribution in [1.82, 2.24) is 5.32 Å². The van der Waals surface area contributed by atoms with Crippen molar-refractivity contribution >= 4 is 5.91 Å². The Balaban J connectivity index is 1.66. The Morgan fingerprint density at radius 2 is 1.91 bits per heavy atom. The van der Waals surface area contributed by atoms with Gasteiger partial charge in [0.25, 0.3) is 5.91 Å². The van der Waals surface area contributed by atoms with Crippen LogP contribution >= 0.6 is 0 Å². The maximum absolute atomic E-state index is 12.3. The zero-order chi connectivity index (χ0) is 15.6. The Hall–Kier alpha value is -2.29. The Kier molecular flexibility index (Phi) is 3.88. The number of rotatable bonds is 5. The van der Waals surface area contributed by atoms with Gasteiger partial charge in [-0.3, -0.25) is 4.79 Å². The maximum atomic E-state index is 12.3. The van der Waals surface area contributed by atoms with Crippen molar-refractivity contribution in [3.8, 4) is 5.75 Å². The van der Waals surface area contributed by atoms with E-state index in [0.717, 1.165) is 29.7 Å². The predicted molar refractivity (Wildman–Crippen MR) is 87.4 cm³/mol. The molecular formula is C19H21NO2. The summed E-state index contributed by atoms with van der Waals surface area (Å²) in [6.45, 7) is 2.68. The van der Waals surface area contributed by atoms with Crippen LogP contribution < -0.4 is 10.1 Å². The molecule has 2 aromatic rings. The number of carbonyl (C=O) groups is 1. The summed E-state index contributed by atoms with van der Waals surface area (Å²) in [4.78, 5) is 12.3. The average molecular weight is 295 g/mol. The van der Waals surface area contributed by atoms with E-state index in [1.165, 1.54) is 5.56 Å². The Bertz CT molecular complexity index is 672. The number of ether oxygens (including phenoxy) is 1. The summed E-state index contributed by atoms with van der Waals surface area (Å²) in [6, 6.07) is 15.9. The van der Waals surface area contributed by atoms with Crippen molar-refractivity contribution in [2.24, 2.45) is 0 Å². The zero-order valence-electron chi connectivity index (χ0n) is 13.1. The lowest BCUT2D eigenvalue weighted by molar-refractivity contribution is 0.0949. The largest absolute Gasteiger partial charge is 0.497 e. The third kappa shape index (κ3) is 2.98. The monoisotopic (exact) mass is 295 g/mol. The molecule has 0 atom stereocenters. The summed E-state index contributed by atoms with van der Waals surface area (Å²) in [5, 5.41) is 3.09. The van der Waals surface area contributed by atoms with Gasteiger partial charge in [0.05, 0.1) is 7.11 Å². The SMILES string of the molecule is COc1ccc(C2(CNC(=O)c3cccc(C)c3)CC2)cc1. The molecule has 1 fully saturated rings. The molecule has 0 saturated heterocycles. The molecule has 0 bridgehead atoms. The van der Waals surface area contributed by atoms with Gasteiger partial charge in [0.15, 0.2) is 0 Å². The second-order valence-electron chi connectivity index (χ2n) is 6.06. The van der Waals surface area contributed by atoms with Crippen LogP contribution in [0, 0.1) is 6.92 Å². The second kappa shape index (κ2) is 5.84. The molecule has 0 aliphatic heterocycles. The number of benzene rings is 2. The third-order valence-electron chi connectivity index (χ3n) is 4.42. The van der Waals surface area contributed by atoms with Crippen LogP contribution in [0.3, 0.4) is 0 Å². The molecule has 1 amide bonds. The lowest BCUT2D eigenvalue weighted by Gasteiger charge is -2.17. The highest BCUT2D eigenvalue weighted by atomic mass is 16.5. The number of hydrogen-bond acceptors (Lipinski definition) is 2. The average Bonchev–Trinajstić information content (AvgIpc) is 3.34. The number of amides is 1. The van der Waals surface area contributed by atoms with E-state index >= 15 is 0 Å². The van der Waals surface area contributed by atoms with Crippen molar-refractivity contribution in [3.05, 3.63) is 65.2 Å². The Labute approximate surface area is 131 Å². The molecule has 1 aliphatic rings. The van der Waals surface area contributed by atoms with Gasteiger partial charge < -0.3 is 10.1 Å². The Morgan fingerprint density at radius 3 is 2.50 bits per heavy atom. The van der Waals surface area contributed by atoms with Crippen molar-refractivity contribution in [2.75, 3.05) is 13.7 Å². The molecule has 0 heterocycles. The van der Waals surface area contributed by atoms with Gasteiger partial charge in [0.2, 0.25) is 0 Å². The molecule has 114 valence electrons. The highest BCUT2D eigenvalue weighted by Gasteiger charge is 2.44. The molecule has 22 heavy (non-hydrogen) atoms. The van der Waals surface area contributed by atoms with Crippen LogP contribution in [-0.4, -0.2) is 19.6 Å². The fourth-order valence-electron chi connectivity index (χ4n) is 2.80. The summed E-state index contributed by atoms with van der Waals surface area (Å²) in [6.07, 6.45) is 2.24. The number of carbonyl (C=O) groups excluding carboxylic acids is 1. The van der Waals surface area contributed by atoms with Crippen LogP contribution in [0.25, 0.3) is 0 Å². The zero-order valence-corrected chi connectivity index (χ0v) is 13.1. The lowest BCUT2D eigenvalue weighted by Crippen LogP contribution is -2.32. The van der Waals surface area contributed by atoms with E-state index in [2.05, 4.69) is 17.4 Å². The first-order valence-electron chi connectivity index (χ1n) is 7.62. The van der Waals surface area contributed by atoms with Gasteiger partial charge in [-0.15, -0.1) is 0 Å². The second-order valence-corrected chi connectivity index (χ2v) is 6.06. The van der Waals surface area contributed by atoms with E-state index in [4.69, 9.17) is 4.74 Å². The molecule has 2 aromatic carbocycles. The molecule has 0 unspecified atom stereocenters. The van der Waals surface area contributed by atoms with Gasteiger partial charge in [-0.05, 0) is 49.6 Å². The van der Waals surface area contributed by atoms with Gasteiger partial charge in [-0.25, -0.2) is 0 Å². The fraction of sp³-hybridized carbons (Fsp3) is 0.316. The maximum Gasteiger partial charge on any atom is 0.251 e. The van der Waals surface area contributed by atoms with Crippen molar-refractivity contribution in [1.29, 1.82) is 0 Å². The quantitative estimate of drug-likeness (QED) is 0.917. The van der Waals surface area contributed by atoms with E-state index in [0.29, 0.717) is 6.54 Å². The summed E-state index contributed by atoms with van der Waals surface area (Å²) in [5.74, 6) is 0.867. The van der Waals surface area contributed by atoms with Gasteiger partial charge in [-0.2, -0.15) is 0 Å². The van der Waals surface area contributed by atoms with Crippen molar-refractivity contribution in [3.63, 3.8) is 0 Å². The lowest BCUT2D eigenvalue weighted by atomic mass is 9.95. The molecule has 0 aromatic heterocycles. The molecule has 1 saturated carbocycles. The highest BCUT2D eigenvalue weighted by molar-refractivity contribution is 5.94. The molecule has 3 rings (SSSR count). The minimum Gasteiger partial charge on any atom is -0.497 e. The van der Waals surface area contributed by atoms with Crippen LogP contribution in [0.4, 0.5) is 0 Å². The van der Waals surface area contributed by atoms with E-state index in [1.54, 1.807) is 7.11 Å². The highest BCUT2D eigenvalue weighted by Crippen LogP contribution is 2.47. The number of aryl methyl sites for hydroxylation is 1. The van der Waals surface area contributed by atoms with E-state index in [-0.39, 0.29) is 11.3 Å². The minimum absolute atomic E-state index is 0.00323. The van der Waals surface area contributed by atoms with Crippen LogP contribution in [0.2, 0.25) is 0 Å². The smallest absolute Gasteiger partial charge is 0.251 e. The van der Waals surface area contributed by atoms with E-state index < -0.39 is 0 Å². The van der Waals surface area contributed by atoms with E-state index in [9.17, 15) is 4.79 Å².